The van der Waals surface area contributed by atoms with E-state index in [0.717, 1.165) is 5.01 Å². The summed E-state index contributed by atoms with van der Waals surface area (Å²) in [4.78, 5) is 4.34. The maximum absolute atomic E-state index is 12.7. The first-order valence-electron chi connectivity index (χ1n) is 6.87. The van der Waals surface area contributed by atoms with Gasteiger partial charge in [0.05, 0.1) is 26.4 Å². The first kappa shape index (κ1) is 17.2. The van der Waals surface area contributed by atoms with E-state index in [1.165, 1.54) is 23.5 Å². The number of nitrogens with zero attached hydrogens (tertiary/aromatic N) is 1. The highest BCUT2D eigenvalue weighted by Gasteiger charge is 2.21. The molecule has 0 aliphatic carbocycles. The van der Waals surface area contributed by atoms with E-state index in [9.17, 15) is 8.42 Å². The fourth-order valence-corrected chi connectivity index (χ4v) is 4.63. The quantitative estimate of drug-likeness (QED) is 0.654. The van der Waals surface area contributed by atoms with Crippen molar-refractivity contribution >= 4 is 50.2 Å². The first-order valence-corrected chi connectivity index (χ1v) is 9.99. The number of anilines is 1. The minimum atomic E-state index is -3.88. The molecule has 24 heavy (non-hydrogen) atoms. The van der Waals surface area contributed by atoms with Crippen molar-refractivity contribution in [1.29, 1.82) is 0 Å². The highest BCUT2D eigenvalue weighted by atomic mass is 35.5. The maximum Gasteiger partial charge on any atom is 0.263 e. The van der Waals surface area contributed by atoms with Gasteiger partial charge in [0.25, 0.3) is 10.0 Å². The lowest BCUT2D eigenvalue weighted by Crippen LogP contribution is -2.14. The number of rotatable bonds is 4. The summed E-state index contributed by atoms with van der Waals surface area (Å²) in [6.07, 6.45) is 0. The number of hydrogen-bond acceptors (Lipinski definition) is 4. The SMILES string of the molecule is Cc1nc(-c2ccccc2NS(=O)(=O)c2cccc(Cl)c2Cl)cs1. The van der Waals surface area contributed by atoms with Gasteiger partial charge in [0.1, 0.15) is 4.90 Å². The van der Waals surface area contributed by atoms with E-state index in [-0.39, 0.29) is 14.9 Å². The second-order valence-electron chi connectivity index (χ2n) is 4.95. The van der Waals surface area contributed by atoms with Crippen molar-refractivity contribution in [3.8, 4) is 11.3 Å². The zero-order valence-corrected chi connectivity index (χ0v) is 15.6. The molecule has 0 fully saturated rings. The van der Waals surface area contributed by atoms with Gasteiger partial charge in [0.2, 0.25) is 0 Å². The normalized spacial score (nSPS) is 11.5. The smallest absolute Gasteiger partial charge is 0.263 e. The van der Waals surface area contributed by atoms with Gasteiger partial charge in [-0.05, 0) is 25.1 Å². The van der Waals surface area contributed by atoms with E-state index in [4.69, 9.17) is 23.2 Å². The predicted molar refractivity (Wildman–Crippen MR) is 99.6 cm³/mol. The summed E-state index contributed by atoms with van der Waals surface area (Å²) >= 11 is 13.5. The molecule has 0 saturated carbocycles. The van der Waals surface area contributed by atoms with Crippen LogP contribution in [0.5, 0.6) is 0 Å². The van der Waals surface area contributed by atoms with Crippen LogP contribution in [0.25, 0.3) is 11.3 Å². The van der Waals surface area contributed by atoms with Gasteiger partial charge in [-0.25, -0.2) is 13.4 Å². The largest absolute Gasteiger partial charge is 0.279 e. The number of para-hydroxylation sites is 1. The Morgan fingerprint density at radius 1 is 1.08 bits per heavy atom. The van der Waals surface area contributed by atoms with Crippen LogP contribution in [-0.2, 0) is 10.0 Å². The van der Waals surface area contributed by atoms with Gasteiger partial charge in [-0.1, -0.05) is 47.5 Å². The summed E-state index contributed by atoms with van der Waals surface area (Å²) in [5.41, 5.74) is 1.84. The summed E-state index contributed by atoms with van der Waals surface area (Å²) in [6.45, 7) is 1.90. The molecule has 1 aromatic heterocycles. The van der Waals surface area contributed by atoms with Crippen molar-refractivity contribution in [1.82, 2.24) is 4.98 Å². The maximum atomic E-state index is 12.7. The summed E-state index contributed by atoms with van der Waals surface area (Å²) in [5.74, 6) is 0. The van der Waals surface area contributed by atoms with Crippen LogP contribution in [0.2, 0.25) is 10.0 Å². The molecule has 0 spiro atoms. The van der Waals surface area contributed by atoms with Crippen LogP contribution in [0.4, 0.5) is 5.69 Å². The molecule has 1 heterocycles. The van der Waals surface area contributed by atoms with Crippen molar-refractivity contribution in [2.45, 2.75) is 11.8 Å². The van der Waals surface area contributed by atoms with Crippen LogP contribution in [0.1, 0.15) is 5.01 Å². The molecule has 0 aliphatic rings. The Morgan fingerprint density at radius 3 is 2.54 bits per heavy atom. The lowest BCUT2D eigenvalue weighted by atomic mass is 10.1. The molecule has 0 aliphatic heterocycles. The Kier molecular flexibility index (Phi) is 4.83. The van der Waals surface area contributed by atoms with Crippen LogP contribution in [0, 0.1) is 6.92 Å². The Hall–Kier alpha value is -1.60. The summed E-state index contributed by atoms with van der Waals surface area (Å²) in [5, 5.41) is 2.96. The number of sulfonamides is 1. The third kappa shape index (κ3) is 3.42. The molecule has 0 amide bonds. The van der Waals surface area contributed by atoms with Crippen molar-refractivity contribution < 1.29 is 8.42 Å². The van der Waals surface area contributed by atoms with E-state index in [2.05, 4.69) is 9.71 Å². The molecule has 4 nitrogen and oxygen atoms in total. The third-order valence-corrected chi connectivity index (χ3v) is 6.38. The Balaban J connectivity index is 2.04. The second-order valence-corrected chi connectivity index (χ2v) is 8.45. The fourth-order valence-electron chi connectivity index (χ4n) is 2.17. The van der Waals surface area contributed by atoms with Gasteiger partial charge >= 0.3 is 0 Å². The lowest BCUT2D eigenvalue weighted by Gasteiger charge is -2.13. The average Bonchev–Trinajstić information content (AvgIpc) is 2.96. The van der Waals surface area contributed by atoms with Crippen molar-refractivity contribution in [3.05, 3.63) is 62.9 Å². The number of hydrogen-bond donors (Lipinski definition) is 1. The molecule has 0 saturated heterocycles. The Morgan fingerprint density at radius 2 is 1.83 bits per heavy atom. The number of thiazole rings is 1. The number of aromatic nitrogens is 1. The van der Waals surface area contributed by atoms with E-state index in [0.29, 0.717) is 16.9 Å². The lowest BCUT2D eigenvalue weighted by molar-refractivity contribution is 0.601. The molecule has 0 radical (unpaired) electrons. The van der Waals surface area contributed by atoms with E-state index < -0.39 is 10.0 Å². The topological polar surface area (TPSA) is 59.1 Å². The molecule has 124 valence electrons. The zero-order valence-electron chi connectivity index (χ0n) is 12.5. The second kappa shape index (κ2) is 6.72. The molecule has 8 heteroatoms. The number of benzene rings is 2. The fraction of sp³-hybridized carbons (Fsp3) is 0.0625. The van der Waals surface area contributed by atoms with Crippen molar-refractivity contribution in [2.24, 2.45) is 0 Å². The van der Waals surface area contributed by atoms with Gasteiger partial charge in [0.15, 0.2) is 0 Å². The Bertz CT molecular complexity index is 1000. The molecule has 3 aromatic rings. The van der Waals surface area contributed by atoms with Gasteiger partial charge in [-0.2, -0.15) is 0 Å². The molecular weight excluding hydrogens is 387 g/mol. The Labute approximate surface area is 154 Å². The average molecular weight is 399 g/mol. The van der Waals surface area contributed by atoms with Crippen LogP contribution in [-0.4, -0.2) is 13.4 Å². The van der Waals surface area contributed by atoms with E-state index in [1.807, 2.05) is 24.4 Å². The number of nitrogens with one attached hydrogen (secondary N) is 1. The zero-order chi connectivity index (χ0) is 17.3. The predicted octanol–water partition coefficient (Wildman–Crippen LogP) is 5.23. The van der Waals surface area contributed by atoms with Crippen LogP contribution in [0.15, 0.2) is 52.7 Å². The summed E-state index contributed by atoms with van der Waals surface area (Å²) < 4.78 is 28.0. The standard InChI is InChI=1S/C16H12Cl2N2O2S2/c1-10-19-14(9-23-10)11-5-2-3-7-13(11)20-24(21,22)15-8-4-6-12(17)16(15)18/h2-9,20H,1H3. The highest BCUT2D eigenvalue weighted by Crippen LogP contribution is 2.33. The molecular formula is C16H12Cl2N2O2S2. The van der Waals surface area contributed by atoms with Crippen LogP contribution in [0.3, 0.4) is 0 Å². The summed E-state index contributed by atoms with van der Waals surface area (Å²) in [7, 11) is -3.88. The van der Waals surface area contributed by atoms with Gasteiger partial charge in [-0.15, -0.1) is 11.3 Å². The molecule has 1 N–H and O–H groups in total. The molecule has 0 bridgehead atoms. The van der Waals surface area contributed by atoms with E-state index in [1.54, 1.807) is 18.2 Å². The first-order chi connectivity index (χ1) is 11.4. The van der Waals surface area contributed by atoms with Crippen LogP contribution >= 0.6 is 34.5 Å². The number of aryl methyl sites for hydroxylation is 1. The summed E-state index contributed by atoms with van der Waals surface area (Å²) in [6, 6.07) is 11.6. The van der Waals surface area contributed by atoms with Gasteiger partial charge < -0.3 is 0 Å². The van der Waals surface area contributed by atoms with Crippen molar-refractivity contribution in [3.63, 3.8) is 0 Å². The third-order valence-electron chi connectivity index (χ3n) is 3.27. The molecule has 2 aromatic carbocycles. The number of halogens is 2. The van der Waals surface area contributed by atoms with Crippen molar-refractivity contribution in [2.75, 3.05) is 4.72 Å². The monoisotopic (exact) mass is 398 g/mol. The molecule has 0 unspecified atom stereocenters. The van der Waals surface area contributed by atoms with Crippen LogP contribution < -0.4 is 4.72 Å². The minimum Gasteiger partial charge on any atom is -0.279 e. The minimum absolute atomic E-state index is 0.00588. The van der Waals surface area contributed by atoms with E-state index >= 15 is 0 Å². The van der Waals surface area contributed by atoms with Gasteiger partial charge in [-0.3, -0.25) is 4.72 Å². The molecule has 3 rings (SSSR count). The highest BCUT2D eigenvalue weighted by molar-refractivity contribution is 7.92. The van der Waals surface area contributed by atoms with Gasteiger partial charge in [0, 0.05) is 10.9 Å². The molecule has 0 atom stereocenters.